The number of anilines is 1. The molecule has 100 valence electrons. The highest BCUT2D eigenvalue weighted by atomic mass is 15.3. The molecule has 1 unspecified atom stereocenters. The third kappa shape index (κ3) is 1.68. The standard InChI is InChI=1S/C14H19N5/c1-18-9-10(8-16-18)12-6-7-15-14-17-11-4-2-3-5-13(11)19(12)14/h8-9,12H,2-7H2,1H3,(H,15,17). The second-order valence-electron chi connectivity index (χ2n) is 5.58. The van der Waals surface area contributed by atoms with Gasteiger partial charge < -0.3 is 9.88 Å². The zero-order valence-corrected chi connectivity index (χ0v) is 11.3. The minimum atomic E-state index is 0.402. The van der Waals surface area contributed by atoms with Gasteiger partial charge in [0.15, 0.2) is 0 Å². The molecule has 0 fully saturated rings. The first-order valence-electron chi connectivity index (χ1n) is 7.15. The molecule has 19 heavy (non-hydrogen) atoms. The molecule has 0 saturated carbocycles. The van der Waals surface area contributed by atoms with E-state index in [1.165, 1.54) is 36.2 Å². The molecule has 0 bridgehead atoms. The summed E-state index contributed by atoms with van der Waals surface area (Å²) in [4.78, 5) is 4.80. The van der Waals surface area contributed by atoms with Gasteiger partial charge in [-0.2, -0.15) is 5.10 Å². The molecule has 2 aromatic rings. The fraction of sp³-hybridized carbons (Fsp3) is 0.571. The van der Waals surface area contributed by atoms with E-state index in [4.69, 9.17) is 4.98 Å². The summed E-state index contributed by atoms with van der Waals surface area (Å²) in [7, 11) is 1.98. The van der Waals surface area contributed by atoms with Crippen LogP contribution < -0.4 is 5.32 Å². The van der Waals surface area contributed by atoms with Crippen molar-refractivity contribution >= 4 is 5.95 Å². The highest BCUT2D eigenvalue weighted by Crippen LogP contribution is 2.35. The van der Waals surface area contributed by atoms with Crippen molar-refractivity contribution in [2.75, 3.05) is 11.9 Å². The molecule has 0 aromatic carbocycles. The van der Waals surface area contributed by atoms with Crippen LogP contribution in [0.15, 0.2) is 12.4 Å². The normalized spacial score (nSPS) is 21.6. The molecule has 1 atom stereocenters. The Morgan fingerprint density at radius 2 is 2.21 bits per heavy atom. The van der Waals surface area contributed by atoms with Crippen LogP contribution in [0, 0.1) is 0 Å². The highest BCUT2D eigenvalue weighted by molar-refractivity contribution is 5.40. The van der Waals surface area contributed by atoms with Gasteiger partial charge in [0.1, 0.15) is 0 Å². The van der Waals surface area contributed by atoms with Crippen molar-refractivity contribution in [2.45, 2.75) is 38.1 Å². The predicted molar refractivity (Wildman–Crippen MR) is 73.3 cm³/mol. The molecule has 0 spiro atoms. The summed E-state index contributed by atoms with van der Waals surface area (Å²) in [5, 5.41) is 7.77. The largest absolute Gasteiger partial charge is 0.356 e. The second-order valence-corrected chi connectivity index (χ2v) is 5.58. The molecule has 3 heterocycles. The smallest absolute Gasteiger partial charge is 0.203 e. The van der Waals surface area contributed by atoms with E-state index in [2.05, 4.69) is 21.2 Å². The SMILES string of the molecule is Cn1cc(C2CCNc3nc4c(n32)CCCC4)cn1. The Kier molecular flexibility index (Phi) is 2.40. The molecule has 4 rings (SSSR count). The third-order valence-electron chi connectivity index (χ3n) is 4.29. The number of fused-ring (bicyclic) bond motifs is 3. The molecule has 2 aromatic heterocycles. The monoisotopic (exact) mass is 257 g/mol. The van der Waals surface area contributed by atoms with E-state index in [9.17, 15) is 0 Å². The average Bonchev–Trinajstić information content (AvgIpc) is 3.01. The summed E-state index contributed by atoms with van der Waals surface area (Å²) in [6.45, 7) is 0.995. The molecular formula is C14H19N5. The van der Waals surface area contributed by atoms with Gasteiger partial charge >= 0.3 is 0 Å². The molecule has 0 radical (unpaired) electrons. The minimum Gasteiger partial charge on any atom is -0.356 e. The summed E-state index contributed by atoms with van der Waals surface area (Å²) in [5.41, 5.74) is 4.06. The maximum atomic E-state index is 4.80. The van der Waals surface area contributed by atoms with Crippen LogP contribution in [-0.4, -0.2) is 25.9 Å². The first kappa shape index (κ1) is 11.1. The Morgan fingerprint density at radius 1 is 1.32 bits per heavy atom. The van der Waals surface area contributed by atoms with Gasteiger partial charge in [0.2, 0.25) is 5.95 Å². The number of hydrogen-bond donors (Lipinski definition) is 1. The Morgan fingerprint density at radius 3 is 3.05 bits per heavy atom. The van der Waals surface area contributed by atoms with Crippen LogP contribution in [-0.2, 0) is 19.9 Å². The molecule has 5 nitrogen and oxygen atoms in total. The topological polar surface area (TPSA) is 47.7 Å². The summed E-state index contributed by atoms with van der Waals surface area (Å²) in [6, 6.07) is 0.402. The average molecular weight is 257 g/mol. The number of nitrogens with zero attached hydrogens (tertiary/aromatic N) is 4. The van der Waals surface area contributed by atoms with Gasteiger partial charge in [-0.3, -0.25) is 4.68 Å². The van der Waals surface area contributed by atoms with Gasteiger partial charge in [-0.15, -0.1) is 0 Å². The third-order valence-corrected chi connectivity index (χ3v) is 4.29. The van der Waals surface area contributed by atoms with Crippen molar-refractivity contribution in [1.82, 2.24) is 19.3 Å². The fourth-order valence-electron chi connectivity index (χ4n) is 3.40. The van der Waals surface area contributed by atoms with E-state index in [1.807, 2.05) is 17.9 Å². The van der Waals surface area contributed by atoms with E-state index in [1.54, 1.807) is 0 Å². The van der Waals surface area contributed by atoms with Gasteiger partial charge in [0, 0.05) is 31.0 Å². The lowest BCUT2D eigenvalue weighted by Crippen LogP contribution is -2.25. The van der Waals surface area contributed by atoms with Crippen molar-refractivity contribution in [2.24, 2.45) is 7.05 Å². The number of imidazole rings is 1. The van der Waals surface area contributed by atoms with Gasteiger partial charge in [0.05, 0.1) is 17.9 Å². The van der Waals surface area contributed by atoms with E-state index in [0.29, 0.717) is 6.04 Å². The van der Waals surface area contributed by atoms with Crippen molar-refractivity contribution in [3.63, 3.8) is 0 Å². The van der Waals surface area contributed by atoms with Gasteiger partial charge in [0.25, 0.3) is 0 Å². The maximum absolute atomic E-state index is 4.80. The van der Waals surface area contributed by atoms with Gasteiger partial charge in [-0.05, 0) is 32.1 Å². The van der Waals surface area contributed by atoms with Crippen LogP contribution in [0.25, 0.3) is 0 Å². The first-order valence-corrected chi connectivity index (χ1v) is 7.15. The van der Waals surface area contributed by atoms with Crippen LogP contribution in [0.4, 0.5) is 5.95 Å². The summed E-state index contributed by atoms with van der Waals surface area (Å²) >= 11 is 0. The number of rotatable bonds is 1. The highest BCUT2D eigenvalue weighted by Gasteiger charge is 2.29. The predicted octanol–water partition coefficient (Wildman–Crippen LogP) is 1.90. The molecule has 0 amide bonds. The number of aryl methyl sites for hydroxylation is 2. The lowest BCUT2D eigenvalue weighted by atomic mass is 9.99. The van der Waals surface area contributed by atoms with Crippen LogP contribution in [0.5, 0.6) is 0 Å². The maximum Gasteiger partial charge on any atom is 0.203 e. The lowest BCUT2D eigenvalue weighted by molar-refractivity contribution is 0.501. The minimum absolute atomic E-state index is 0.402. The molecular weight excluding hydrogens is 238 g/mol. The molecule has 5 heteroatoms. The van der Waals surface area contributed by atoms with Crippen molar-refractivity contribution in [3.05, 3.63) is 29.3 Å². The van der Waals surface area contributed by atoms with Crippen LogP contribution >= 0.6 is 0 Å². The number of nitrogens with one attached hydrogen (secondary N) is 1. The number of hydrogen-bond acceptors (Lipinski definition) is 3. The first-order chi connectivity index (χ1) is 9.33. The lowest BCUT2D eigenvalue weighted by Gasteiger charge is -2.28. The number of aromatic nitrogens is 4. The van der Waals surface area contributed by atoms with E-state index < -0.39 is 0 Å². The Balaban J connectivity index is 1.83. The zero-order chi connectivity index (χ0) is 12.8. The van der Waals surface area contributed by atoms with Crippen molar-refractivity contribution in [1.29, 1.82) is 0 Å². The molecule has 1 aliphatic carbocycles. The fourth-order valence-corrected chi connectivity index (χ4v) is 3.40. The zero-order valence-electron chi connectivity index (χ0n) is 11.3. The van der Waals surface area contributed by atoms with Crippen LogP contribution in [0.2, 0.25) is 0 Å². The van der Waals surface area contributed by atoms with Crippen molar-refractivity contribution < 1.29 is 0 Å². The van der Waals surface area contributed by atoms with E-state index in [-0.39, 0.29) is 0 Å². The second kappa shape index (κ2) is 4.11. The van der Waals surface area contributed by atoms with Crippen LogP contribution in [0.1, 0.15) is 42.3 Å². The Bertz CT molecular complexity index is 609. The molecule has 2 aliphatic rings. The molecule has 1 N–H and O–H groups in total. The Hall–Kier alpha value is -1.78. The van der Waals surface area contributed by atoms with Crippen molar-refractivity contribution in [3.8, 4) is 0 Å². The molecule has 1 aliphatic heterocycles. The van der Waals surface area contributed by atoms with E-state index >= 15 is 0 Å². The van der Waals surface area contributed by atoms with Gasteiger partial charge in [-0.25, -0.2) is 4.98 Å². The molecule has 0 saturated heterocycles. The van der Waals surface area contributed by atoms with E-state index in [0.717, 1.165) is 25.3 Å². The van der Waals surface area contributed by atoms with Crippen LogP contribution in [0.3, 0.4) is 0 Å². The summed E-state index contributed by atoms with van der Waals surface area (Å²) in [6.07, 6.45) is 10.1. The van der Waals surface area contributed by atoms with Gasteiger partial charge in [-0.1, -0.05) is 0 Å². The Labute approximate surface area is 112 Å². The summed E-state index contributed by atoms with van der Waals surface area (Å²) in [5.74, 6) is 1.06. The quantitative estimate of drug-likeness (QED) is 0.849. The summed E-state index contributed by atoms with van der Waals surface area (Å²) < 4.78 is 4.31.